The van der Waals surface area contributed by atoms with E-state index in [1.807, 2.05) is 43.3 Å². The van der Waals surface area contributed by atoms with Crippen LogP contribution in [0.4, 0.5) is 21.9 Å². The summed E-state index contributed by atoms with van der Waals surface area (Å²) >= 11 is 0. The summed E-state index contributed by atoms with van der Waals surface area (Å²) in [5, 5.41) is 5.69. The lowest BCUT2D eigenvalue weighted by atomic mass is 10.1. The Balaban J connectivity index is 1.67. The Morgan fingerprint density at radius 3 is 2.34 bits per heavy atom. The normalized spacial score (nSPS) is 10.6. The number of hydrogen-bond donors (Lipinski definition) is 3. The summed E-state index contributed by atoms with van der Waals surface area (Å²) in [5.41, 5.74) is 9.04. The Kier molecular flexibility index (Phi) is 7.77. The van der Waals surface area contributed by atoms with E-state index in [1.54, 1.807) is 53.7 Å². The van der Waals surface area contributed by atoms with Gasteiger partial charge in [-0.3, -0.25) is 9.78 Å². The third-order valence-corrected chi connectivity index (χ3v) is 4.82. The molecule has 3 rings (SSSR count). The van der Waals surface area contributed by atoms with Crippen molar-refractivity contribution in [3.63, 3.8) is 0 Å². The number of nitrogen functional groups attached to an aromatic ring is 1. The van der Waals surface area contributed by atoms with Gasteiger partial charge in [0.15, 0.2) is 0 Å². The van der Waals surface area contributed by atoms with Crippen LogP contribution in [0.3, 0.4) is 0 Å². The summed E-state index contributed by atoms with van der Waals surface area (Å²) in [5.74, 6) is -0.242. The van der Waals surface area contributed by atoms with Crippen LogP contribution in [-0.4, -0.2) is 53.9 Å². The van der Waals surface area contributed by atoms with Crippen LogP contribution < -0.4 is 16.4 Å². The van der Waals surface area contributed by atoms with E-state index in [0.29, 0.717) is 35.7 Å². The van der Waals surface area contributed by atoms with Gasteiger partial charge < -0.3 is 26.2 Å². The van der Waals surface area contributed by atoms with E-state index in [0.717, 1.165) is 12.1 Å². The molecule has 0 saturated heterocycles. The van der Waals surface area contributed by atoms with Crippen molar-refractivity contribution in [2.45, 2.75) is 6.54 Å². The minimum absolute atomic E-state index is 0.207. The van der Waals surface area contributed by atoms with Gasteiger partial charge in [0.25, 0.3) is 5.91 Å². The lowest BCUT2D eigenvalue weighted by Crippen LogP contribution is -2.39. The molecule has 0 atom stereocenters. The number of likely N-dealkylation sites (N-methyl/N-ethyl adjacent to an activating group) is 1. The molecule has 0 unspecified atom stereocenters. The summed E-state index contributed by atoms with van der Waals surface area (Å²) in [6.45, 7) is 1.68. The van der Waals surface area contributed by atoms with Gasteiger partial charge >= 0.3 is 6.03 Å². The quantitative estimate of drug-likeness (QED) is 0.473. The highest BCUT2D eigenvalue weighted by atomic mass is 16.2. The molecule has 8 heteroatoms. The molecule has 0 aliphatic carbocycles. The Bertz CT molecular complexity index is 1040. The van der Waals surface area contributed by atoms with E-state index in [-0.39, 0.29) is 11.9 Å². The molecule has 0 spiro atoms. The number of carbonyl (C=O) groups excluding carboxylic acids is 2. The third kappa shape index (κ3) is 6.55. The van der Waals surface area contributed by atoms with Gasteiger partial charge in [0.05, 0.1) is 23.3 Å². The largest absolute Gasteiger partial charge is 0.397 e. The fourth-order valence-electron chi connectivity index (χ4n) is 3.00. The minimum Gasteiger partial charge on any atom is -0.397 e. The molecular weight excluding hydrogens is 404 g/mol. The van der Waals surface area contributed by atoms with Crippen molar-refractivity contribution >= 4 is 29.0 Å². The highest BCUT2D eigenvalue weighted by Gasteiger charge is 2.15. The molecule has 0 bridgehead atoms. The van der Waals surface area contributed by atoms with Crippen LogP contribution in [0.15, 0.2) is 73.1 Å². The van der Waals surface area contributed by atoms with Crippen molar-refractivity contribution in [2.24, 2.45) is 0 Å². The van der Waals surface area contributed by atoms with E-state index in [1.165, 1.54) is 0 Å². The summed E-state index contributed by atoms with van der Waals surface area (Å²) in [6, 6.07) is 17.7. The molecule has 8 nitrogen and oxygen atoms in total. The first-order chi connectivity index (χ1) is 15.4. The van der Waals surface area contributed by atoms with Crippen molar-refractivity contribution < 1.29 is 9.59 Å². The van der Waals surface area contributed by atoms with Crippen LogP contribution in [0.2, 0.25) is 0 Å². The van der Waals surface area contributed by atoms with Crippen molar-refractivity contribution in [3.05, 3.63) is 84.2 Å². The van der Waals surface area contributed by atoms with Crippen LogP contribution in [0.5, 0.6) is 0 Å². The summed E-state index contributed by atoms with van der Waals surface area (Å²) in [6.07, 6.45) is 3.26. The van der Waals surface area contributed by atoms with E-state index >= 15 is 0 Å². The first-order valence-electron chi connectivity index (χ1n) is 10.3. The van der Waals surface area contributed by atoms with Crippen molar-refractivity contribution in [1.29, 1.82) is 0 Å². The van der Waals surface area contributed by atoms with E-state index in [9.17, 15) is 9.59 Å². The molecule has 166 valence electrons. The van der Waals surface area contributed by atoms with Gasteiger partial charge in [0, 0.05) is 31.4 Å². The molecule has 32 heavy (non-hydrogen) atoms. The minimum atomic E-state index is -0.242. The highest BCUT2D eigenvalue weighted by molar-refractivity contribution is 6.05. The summed E-state index contributed by atoms with van der Waals surface area (Å²) < 4.78 is 0. The number of rotatable bonds is 8. The predicted molar refractivity (Wildman–Crippen MR) is 127 cm³/mol. The highest BCUT2D eigenvalue weighted by Crippen LogP contribution is 2.18. The first-order valence-corrected chi connectivity index (χ1v) is 10.3. The Labute approximate surface area is 188 Å². The molecule has 0 fully saturated rings. The molecule has 0 radical (unpaired) electrons. The fraction of sp³-hybridized carbons (Fsp3) is 0.208. The van der Waals surface area contributed by atoms with Crippen LogP contribution in [0.1, 0.15) is 15.9 Å². The lowest BCUT2D eigenvalue weighted by Gasteiger charge is -2.25. The molecule has 1 heterocycles. The van der Waals surface area contributed by atoms with Gasteiger partial charge in [-0.25, -0.2) is 4.79 Å². The van der Waals surface area contributed by atoms with E-state index in [4.69, 9.17) is 5.73 Å². The maximum Gasteiger partial charge on any atom is 0.322 e. The number of nitrogens with one attached hydrogen (secondary N) is 2. The number of hydrogen-bond acceptors (Lipinski definition) is 5. The van der Waals surface area contributed by atoms with Crippen LogP contribution in [0.25, 0.3) is 0 Å². The Hall–Kier alpha value is -3.91. The second-order valence-electron chi connectivity index (χ2n) is 7.63. The SMILES string of the molecule is CN(C)CCN(Cc1ccc(C(=O)Nc2ccccc2N)cc1)C(=O)Nc1cccnc1. The van der Waals surface area contributed by atoms with Gasteiger partial charge in [-0.05, 0) is 56.1 Å². The number of nitrogens with two attached hydrogens (primary N) is 1. The molecular formula is C24H28N6O2. The van der Waals surface area contributed by atoms with E-state index < -0.39 is 0 Å². The number of para-hydroxylation sites is 2. The average Bonchev–Trinajstić information content (AvgIpc) is 2.79. The van der Waals surface area contributed by atoms with E-state index in [2.05, 4.69) is 15.6 Å². The molecule has 1 aromatic heterocycles. The molecule has 4 N–H and O–H groups in total. The number of nitrogens with zero attached hydrogens (tertiary/aromatic N) is 3. The zero-order valence-electron chi connectivity index (χ0n) is 18.3. The smallest absolute Gasteiger partial charge is 0.322 e. The standard InChI is InChI=1S/C24H28N6O2/c1-29(2)14-15-30(24(32)27-20-6-5-13-26-16-20)17-18-9-11-19(12-10-18)23(31)28-22-8-4-3-7-21(22)25/h3-13,16H,14-15,17,25H2,1-2H3,(H,27,32)(H,28,31). The monoisotopic (exact) mass is 432 g/mol. The van der Waals surface area contributed by atoms with Gasteiger partial charge in [-0.1, -0.05) is 24.3 Å². The fourth-order valence-corrected chi connectivity index (χ4v) is 3.00. The molecule has 3 aromatic rings. The van der Waals surface area contributed by atoms with Gasteiger partial charge in [0.2, 0.25) is 0 Å². The second kappa shape index (κ2) is 10.9. The number of anilines is 3. The van der Waals surface area contributed by atoms with Crippen LogP contribution in [0, 0.1) is 0 Å². The molecule has 0 aliphatic rings. The number of benzene rings is 2. The predicted octanol–water partition coefficient (Wildman–Crippen LogP) is 3.51. The van der Waals surface area contributed by atoms with Crippen molar-refractivity contribution in [2.75, 3.05) is 43.6 Å². The number of aromatic nitrogens is 1. The van der Waals surface area contributed by atoms with Crippen molar-refractivity contribution in [1.82, 2.24) is 14.8 Å². The maximum absolute atomic E-state index is 12.8. The average molecular weight is 433 g/mol. The second-order valence-corrected chi connectivity index (χ2v) is 7.63. The molecule has 3 amide bonds. The van der Waals surface area contributed by atoms with Gasteiger partial charge in [-0.2, -0.15) is 0 Å². The maximum atomic E-state index is 12.8. The molecule has 0 saturated carbocycles. The zero-order chi connectivity index (χ0) is 22.9. The van der Waals surface area contributed by atoms with Gasteiger partial charge in [-0.15, -0.1) is 0 Å². The summed E-state index contributed by atoms with van der Waals surface area (Å²) in [7, 11) is 3.92. The number of pyridine rings is 1. The first kappa shape index (κ1) is 22.8. The number of carbonyl (C=O) groups is 2. The van der Waals surface area contributed by atoms with Gasteiger partial charge in [0.1, 0.15) is 0 Å². The third-order valence-electron chi connectivity index (χ3n) is 4.82. The van der Waals surface area contributed by atoms with Crippen molar-refractivity contribution in [3.8, 4) is 0 Å². The summed E-state index contributed by atoms with van der Waals surface area (Å²) in [4.78, 5) is 33.1. The number of amides is 3. The van der Waals surface area contributed by atoms with Crippen LogP contribution in [-0.2, 0) is 6.54 Å². The molecule has 0 aliphatic heterocycles. The Morgan fingerprint density at radius 2 is 1.69 bits per heavy atom. The van der Waals surface area contributed by atoms with Crippen LogP contribution >= 0.6 is 0 Å². The topological polar surface area (TPSA) is 104 Å². The molecule has 2 aromatic carbocycles. The Morgan fingerprint density at radius 1 is 0.938 bits per heavy atom. The number of urea groups is 1. The zero-order valence-corrected chi connectivity index (χ0v) is 18.3. The lowest BCUT2D eigenvalue weighted by molar-refractivity contribution is 0.102.